The number of carboxylic acids is 1. The van der Waals surface area contributed by atoms with Crippen molar-refractivity contribution < 1.29 is 14.5 Å². The van der Waals surface area contributed by atoms with Gasteiger partial charge in [-0.3, -0.25) is 0 Å². The summed E-state index contributed by atoms with van der Waals surface area (Å²) < 4.78 is 4.45. The van der Waals surface area contributed by atoms with E-state index < -0.39 is 12.0 Å². The number of carbonyl (C=O) groups is 1. The van der Waals surface area contributed by atoms with Crippen molar-refractivity contribution in [2.75, 3.05) is 30.3 Å². The van der Waals surface area contributed by atoms with Crippen LogP contribution in [0.1, 0.15) is 0 Å². The van der Waals surface area contributed by atoms with Crippen LogP contribution >= 0.6 is 0 Å². The molecule has 1 aliphatic heterocycles. The van der Waals surface area contributed by atoms with Gasteiger partial charge in [-0.15, -0.1) is 0 Å². The molecule has 0 aliphatic carbocycles. The predicted octanol–water partition coefficient (Wildman–Crippen LogP) is -1.49. The van der Waals surface area contributed by atoms with Crippen LogP contribution in [0.25, 0.3) is 0 Å². The van der Waals surface area contributed by atoms with Crippen molar-refractivity contribution in [3.05, 3.63) is 0 Å². The van der Waals surface area contributed by atoms with E-state index in [9.17, 15) is 4.79 Å². The highest BCUT2D eigenvalue weighted by Crippen LogP contribution is 2.21. The van der Waals surface area contributed by atoms with E-state index in [-0.39, 0.29) is 5.82 Å². The van der Waals surface area contributed by atoms with E-state index in [2.05, 4.69) is 20.3 Å². The molecule has 1 aliphatic rings. The molecule has 1 saturated heterocycles. The molecule has 0 spiro atoms. The topological polar surface area (TPSA) is 118 Å². The first-order valence-corrected chi connectivity index (χ1v) is 4.48. The second-order valence-electron chi connectivity index (χ2n) is 3.22. The smallest absolute Gasteiger partial charge is 0.327 e. The number of nitrogens with one attached hydrogen (secondary N) is 1. The Kier molecular flexibility index (Phi) is 2.42. The number of anilines is 2. The van der Waals surface area contributed by atoms with E-state index in [1.165, 1.54) is 0 Å². The molecule has 8 nitrogen and oxygen atoms in total. The van der Waals surface area contributed by atoms with Gasteiger partial charge in [0, 0.05) is 19.6 Å². The number of nitrogens with two attached hydrogens (primary N) is 1. The molecule has 2 rings (SSSR count). The number of rotatable bonds is 2. The number of aliphatic carboxylic acids is 1. The van der Waals surface area contributed by atoms with Crippen LogP contribution in [-0.4, -0.2) is 47.1 Å². The van der Waals surface area contributed by atoms with E-state index in [1.807, 2.05) is 0 Å². The Morgan fingerprint density at radius 3 is 3.07 bits per heavy atom. The quantitative estimate of drug-likeness (QED) is 0.544. The summed E-state index contributed by atoms with van der Waals surface area (Å²) in [5.74, 6) is -0.517. The zero-order valence-corrected chi connectivity index (χ0v) is 7.88. The van der Waals surface area contributed by atoms with Crippen LogP contribution in [0, 0.1) is 0 Å². The van der Waals surface area contributed by atoms with E-state index in [4.69, 9.17) is 10.8 Å². The van der Waals surface area contributed by atoms with Crippen LogP contribution in [0.15, 0.2) is 4.63 Å². The Hall–Kier alpha value is -1.83. The number of carboxylic acid groups (broad SMARTS) is 1. The maximum atomic E-state index is 11.0. The highest BCUT2D eigenvalue weighted by Gasteiger charge is 2.31. The van der Waals surface area contributed by atoms with Crippen LogP contribution in [-0.2, 0) is 4.79 Å². The molecule has 8 heteroatoms. The monoisotopic (exact) mass is 213 g/mol. The van der Waals surface area contributed by atoms with Gasteiger partial charge in [0.15, 0.2) is 0 Å². The highest BCUT2D eigenvalue weighted by molar-refractivity contribution is 5.79. The summed E-state index contributed by atoms with van der Waals surface area (Å²) in [7, 11) is 0. The minimum Gasteiger partial charge on any atom is -0.480 e. The second-order valence-corrected chi connectivity index (χ2v) is 3.22. The molecule has 0 bridgehead atoms. The van der Waals surface area contributed by atoms with E-state index >= 15 is 0 Å². The van der Waals surface area contributed by atoms with Crippen molar-refractivity contribution in [2.45, 2.75) is 6.04 Å². The van der Waals surface area contributed by atoms with Crippen molar-refractivity contribution in [3.63, 3.8) is 0 Å². The van der Waals surface area contributed by atoms with Crippen LogP contribution in [0.2, 0.25) is 0 Å². The second kappa shape index (κ2) is 3.73. The molecule has 0 amide bonds. The predicted molar refractivity (Wildman–Crippen MR) is 50.3 cm³/mol. The van der Waals surface area contributed by atoms with Gasteiger partial charge >= 0.3 is 5.97 Å². The van der Waals surface area contributed by atoms with Gasteiger partial charge in [0.05, 0.1) is 0 Å². The number of hydrogen-bond acceptors (Lipinski definition) is 7. The average Bonchev–Trinajstić information content (AvgIpc) is 2.64. The first-order valence-electron chi connectivity index (χ1n) is 4.48. The summed E-state index contributed by atoms with van der Waals surface area (Å²) >= 11 is 0. The number of nitrogen functional groups attached to an aromatic ring is 1. The third-order valence-electron chi connectivity index (χ3n) is 2.30. The Morgan fingerprint density at radius 1 is 1.67 bits per heavy atom. The van der Waals surface area contributed by atoms with Gasteiger partial charge in [-0.05, 0) is 10.3 Å². The molecule has 0 radical (unpaired) electrons. The first-order chi connectivity index (χ1) is 7.20. The van der Waals surface area contributed by atoms with Gasteiger partial charge in [0.2, 0.25) is 11.6 Å². The van der Waals surface area contributed by atoms with Crippen molar-refractivity contribution in [1.29, 1.82) is 0 Å². The largest absolute Gasteiger partial charge is 0.480 e. The van der Waals surface area contributed by atoms with E-state index in [0.29, 0.717) is 25.5 Å². The van der Waals surface area contributed by atoms with Gasteiger partial charge < -0.3 is 21.1 Å². The molecule has 1 aromatic rings. The summed E-state index contributed by atoms with van der Waals surface area (Å²) in [5, 5.41) is 19.0. The fourth-order valence-corrected chi connectivity index (χ4v) is 1.57. The van der Waals surface area contributed by atoms with Crippen molar-refractivity contribution >= 4 is 17.6 Å². The SMILES string of the molecule is Nc1nonc1N1CCNCC1C(=O)O. The molecule has 1 fully saturated rings. The van der Waals surface area contributed by atoms with E-state index in [1.54, 1.807) is 4.90 Å². The maximum absolute atomic E-state index is 11.0. The van der Waals surface area contributed by atoms with Crippen molar-refractivity contribution in [3.8, 4) is 0 Å². The molecular weight excluding hydrogens is 202 g/mol. The molecule has 15 heavy (non-hydrogen) atoms. The minimum absolute atomic E-state index is 0.114. The Balaban J connectivity index is 2.25. The summed E-state index contributed by atoms with van der Waals surface area (Å²) in [5.41, 5.74) is 5.51. The normalized spacial score (nSPS) is 21.6. The third kappa shape index (κ3) is 1.71. The molecule has 1 atom stereocenters. The molecule has 2 heterocycles. The lowest BCUT2D eigenvalue weighted by molar-refractivity contribution is -0.138. The van der Waals surface area contributed by atoms with Crippen molar-refractivity contribution in [1.82, 2.24) is 15.6 Å². The molecule has 82 valence electrons. The Labute approximate surface area is 85.0 Å². The highest BCUT2D eigenvalue weighted by atomic mass is 16.6. The van der Waals surface area contributed by atoms with Gasteiger partial charge in [-0.25, -0.2) is 9.42 Å². The molecule has 0 aromatic carbocycles. The fourth-order valence-electron chi connectivity index (χ4n) is 1.57. The van der Waals surface area contributed by atoms with Gasteiger partial charge in [0.1, 0.15) is 6.04 Å². The Morgan fingerprint density at radius 2 is 2.47 bits per heavy atom. The summed E-state index contributed by atoms with van der Waals surface area (Å²) in [6, 6.07) is -0.687. The minimum atomic E-state index is -0.926. The van der Waals surface area contributed by atoms with Crippen LogP contribution in [0.3, 0.4) is 0 Å². The molecule has 1 unspecified atom stereocenters. The molecular formula is C7H11N5O3. The molecule has 4 N–H and O–H groups in total. The third-order valence-corrected chi connectivity index (χ3v) is 2.30. The average molecular weight is 213 g/mol. The van der Waals surface area contributed by atoms with Gasteiger partial charge in [-0.1, -0.05) is 0 Å². The first kappa shape index (κ1) is 9.71. The lowest BCUT2D eigenvalue weighted by Gasteiger charge is -2.32. The standard InChI is InChI=1S/C7H11N5O3/c8-5-6(11-15-10-5)12-2-1-9-3-4(12)7(13)14/h4,9H,1-3H2,(H2,8,10)(H,13,14). The number of aromatic nitrogens is 2. The van der Waals surface area contributed by atoms with Crippen LogP contribution in [0.5, 0.6) is 0 Å². The summed E-state index contributed by atoms with van der Waals surface area (Å²) in [6.45, 7) is 1.53. The fraction of sp³-hybridized carbons (Fsp3) is 0.571. The number of piperazine rings is 1. The van der Waals surface area contributed by atoms with Crippen LogP contribution in [0.4, 0.5) is 11.6 Å². The number of hydrogen-bond donors (Lipinski definition) is 3. The van der Waals surface area contributed by atoms with Gasteiger partial charge in [0.25, 0.3) is 0 Å². The molecule has 0 saturated carbocycles. The lowest BCUT2D eigenvalue weighted by atomic mass is 10.2. The lowest BCUT2D eigenvalue weighted by Crippen LogP contribution is -2.55. The Bertz CT molecular complexity index is 365. The number of nitrogens with zero attached hydrogens (tertiary/aromatic N) is 3. The molecule has 1 aromatic heterocycles. The zero-order chi connectivity index (χ0) is 10.8. The summed E-state index contributed by atoms with van der Waals surface area (Å²) in [4.78, 5) is 12.5. The summed E-state index contributed by atoms with van der Waals surface area (Å²) in [6.07, 6.45) is 0. The van der Waals surface area contributed by atoms with E-state index in [0.717, 1.165) is 0 Å². The van der Waals surface area contributed by atoms with Crippen LogP contribution < -0.4 is 16.0 Å². The maximum Gasteiger partial charge on any atom is 0.327 e. The van der Waals surface area contributed by atoms with Crippen molar-refractivity contribution in [2.24, 2.45) is 0 Å². The van der Waals surface area contributed by atoms with Gasteiger partial charge in [-0.2, -0.15) is 0 Å². The zero-order valence-electron chi connectivity index (χ0n) is 7.88.